The quantitative estimate of drug-likeness (QED) is 0.500. The van der Waals surface area contributed by atoms with Crippen LogP contribution in [0.25, 0.3) is 11.1 Å². The van der Waals surface area contributed by atoms with Crippen LogP contribution in [0.2, 0.25) is 0 Å². The molecule has 1 aliphatic carbocycles. The monoisotopic (exact) mass is 521 g/mol. The predicted octanol–water partition coefficient (Wildman–Crippen LogP) is 3.02. The molecule has 0 radical (unpaired) electrons. The van der Waals surface area contributed by atoms with E-state index in [-0.39, 0.29) is 29.8 Å². The molecule has 36 heavy (non-hydrogen) atoms. The van der Waals surface area contributed by atoms with Crippen LogP contribution in [0.15, 0.2) is 60.0 Å². The van der Waals surface area contributed by atoms with Crippen molar-refractivity contribution in [3.63, 3.8) is 0 Å². The van der Waals surface area contributed by atoms with Crippen molar-refractivity contribution in [2.45, 2.75) is 30.1 Å². The number of carbonyl (C=O) groups is 1. The summed E-state index contributed by atoms with van der Waals surface area (Å²) in [5.41, 5.74) is 1.33. The molecule has 1 aliphatic heterocycles. The fourth-order valence-corrected chi connectivity index (χ4v) is 6.09. The number of carbonyl (C=O) groups excluding carboxylic acids is 1. The normalized spacial score (nSPS) is 21.7. The zero-order chi connectivity index (χ0) is 25.7. The Morgan fingerprint density at radius 3 is 2.42 bits per heavy atom. The van der Waals surface area contributed by atoms with Crippen LogP contribution in [-0.2, 0) is 27.5 Å². The molecule has 1 N–H and O–H groups in total. The van der Waals surface area contributed by atoms with Gasteiger partial charge < -0.3 is 5.32 Å². The molecule has 1 saturated heterocycles. The van der Waals surface area contributed by atoms with Gasteiger partial charge in [0.25, 0.3) is 0 Å². The van der Waals surface area contributed by atoms with Gasteiger partial charge >= 0.3 is 6.18 Å². The molecule has 3 heterocycles. The lowest BCUT2D eigenvalue weighted by atomic mass is 10.1. The Morgan fingerprint density at radius 2 is 1.75 bits per heavy atom. The number of sulfonamides is 1. The van der Waals surface area contributed by atoms with E-state index in [1.54, 1.807) is 6.07 Å². The molecule has 3 aromatic rings. The summed E-state index contributed by atoms with van der Waals surface area (Å²) in [6, 6.07) is 5.20. The van der Waals surface area contributed by atoms with E-state index in [1.165, 1.54) is 28.8 Å². The van der Waals surface area contributed by atoms with Crippen LogP contribution in [0.3, 0.4) is 0 Å². The zero-order valence-corrected chi connectivity index (χ0v) is 19.3. The van der Waals surface area contributed by atoms with Gasteiger partial charge in [-0.25, -0.2) is 22.8 Å². The van der Waals surface area contributed by atoms with Gasteiger partial charge in [-0.1, -0.05) is 0 Å². The number of nitrogens with one attached hydrogen (secondary N) is 1. The number of piperidine rings is 1. The van der Waals surface area contributed by atoms with Crippen LogP contribution in [0.4, 0.5) is 17.6 Å². The van der Waals surface area contributed by atoms with E-state index in [9.17, 15) is 30.8 Å². The lowest BCUT2D eigenvalue weighted by molar-refractivity contribution is -0.145. The van der Waals surface area contributed by atoms with Gasteiger partial charge in [0.1, 0.15) is 11.9 Å². The first-order valence-corrected chi connectivity index (χ1v) is 12.4. The summed E-state index contributed by atoms with van der Waals surface area (Å²) >= 11 is 0. The van der Waals surface area contributed by atoms with Crippen molar-refractivity contribution in [2.75, 3.05) is 6.54 Å². The summed E-state index contributed by atoms with van der Waals surface area (Å²) in [6.45, 7) is 0.243. The smallest absolute Gasteiger partial charge is 0.351 e. The molecule has 5 rings (SSSR count). The summed E-state index contributed by atoms with van der Waals surface area (Å²) in [4.78, 5) is 23.7. The Balaban J connectivity index is 1.29. The first kappa shape index (κ1) is 24.3. The number of benzene rings is 1. The van der Waals surface area contributed by atoms with E-state index < -0.39 is 39.8 Å². The molecule has 0 unspecified atom stereocenters. The average Bonchev–Trinajstić information content (AvgIpc) is 3.51. The van der Waals surface area contributed by atoms with E-state index >= 15 is 0 Å². The summed E-state index contributed by atoms with van der Waals surface area (Å²) in [5, 5.41) is 2.74. The van der Waals surface area contributed by atoms with Gasteiger partial charge in [0.2, 0.25) is 21.8 Å². The molecule has 2 fully saturated rings. The first-order valence-electron chi connectivity index (χ1n) is 10.9. The van der Waals surface area contributed by atoms with Crippen LogP contribution >= 0.6 is 0 Å². The number of fused-ring (bicyclic) bond motifs is 1. The molecule has 1 amide bonds. The van der Waals surface area contributed by atoms with Crippen molar-refractivity contribution in [2.24, 2.45) is 11.8 Å². The largest absolute Gasteiger partial charge is 0.451 e. The molecule has 2 aliphatic rings. The van der Waals surface area contributed by atoms with Crippen LogP contribution in [0.5, 0.6) is 0 Å². The van der Waals surface area contributed by atoms with Crippen molar-refractivity contribution < 1.29 is 30.8 Å². The highest BCUT2D eigenvalue weighted by Crippen LogP contribution is 2.51. The van der Waals surface area contributed by atoms with Crippen LogP contribution in [0, 0.1) is 17.7 Å². The minimum atomic E-state index is -4.65. The topological polar surface area (TPSA) is 105 Å². The summed E-state index contributed by atoms with van der Waals surface area (Å²) < 4.78 is 78.8. The molecule has 13 heteroatoms. The SMILES string of the molecule is O=C(NCc1cncc(-c2cnc(C(F)(F)F)nc2)c1)[C@@H]1[C@H]2C[C@H]2CN1S(=O)(=O)c1ccc(F)cc1. The lowest BCUT2D eigenvalue weighted by Crippen LogP contribution is -2.48. The standard InChI is InChI=1S/C23H19F4N5O3S/c24-17-1-3-18(4-2-17)36(34,35)32-12-15-6-19(15)20(32)21(33)29-8-13-5-14(9-28-7-13)16-10-30-22(31-11-16)23(25,26)27/h1-5,7,9-11,15,19-20H,6,8,12H2,(H,29,33)/t15-,19-,20-/m0/s1. The van der Waals surface area contributed by atoms with E-state index in [1.807, 2.05) is 0 Å². The molecule has 3 atom stereocenters. The number of halogens is 4. The first-order chi connectivity index (χ1) is 17.0. The van der Waals surface area contributed by atoms with Gasteiger partial charge in [0.15, 0.2) is 0 Å². The second kappa shape index (κ2) is 8.89. The van der Waals surface area contributed by atoms with Crippen molar-refractivity contribution in [1.29, 1.82) is 0 Å². The van der Waals surface area contributed by atoms with Gasteiger partial charge in [-0.15, -0.1) is 0 Å². The highest BCUT2D eigenvalue weighted by molar-refractivity contribution is 7.89. The number of hydrogen-bond donors (Lipinski definition) is 1. The molecule has 2 aromatic heterocycles. The molecule has 8 nitrogen and oxygen atoms in total. The molecule has 188 valence electrons. The maximum Gasteiger partial charge on any atom is 0.451 e. The number of pyridine rings is 1. The van der Waals surface area contributed by atoms with Crippen LogP contribution in [0.1, 0.15) is 17.8 Å². The van der Waals surface area contributed by atoms with Crippen LogP contribution in [-0.4, -0.2) is 46.2 Å². The maximum atomic E-state index is 13.3. The number of amides is 1. The third-order valence-electron chi connectivity index (χ3n) is 6.30. The van der Waals surface area contributed by atoms with Gasteiger partial charge in [0.05, 0.1) is 4.90 Å². The maximum absolute atomic E-state index is 13.3. The van der Waals surface area contributed by atoms with Crippen molar-refractivity contribution in [3.8, 4) is 11.1 Å². The molecule has 1 aromatic carbocycles. The Labute approximate surface area is 203 Å². The number of aromatic nitrogens is 3. The molecule has 1 saturated carbocycles. The van der Waals surface area contributed by atoms with Gasteiger partial charge in [-0.05, 0) is 54.2 Å². The van der Waals surface area contributed by atoms with E-state index in [4.69, 9.17) is 0 Å². The minimum Gasteiger partial charge on any atom is -0.351 e. The number of hydrogen-bond acceptors (Lipinski definition) is 6. The Hall–Kier alpha value is -3.45. The molecular weight excluding hydrogens is 502 g/mol. The van der Waals surface area contributed by atoms with Crippen molar-refractivity contribution in [1.82, 2.24) is 24.6 Å². The summed E-state index contributed by atoms with van der Waals surface area (Å²) in [5.74, 6) is -2.27. The van der Waals surface area contributed by atoms with Crippen LogP contribution < -0.4 is 5.32 Å². The number of alkyl halides is 3. The van der Waals surface area contributed by atoms with E-state index in [2.05, 4.69) is 20.3 Å². The van der Waals surface area contributed by atoms with Gasteiger partial charge in [0, 0.05) is 49.0 Å². The lowest BCUT2D eigenvalue weighted by Gasteiger charge is -2.26. The Kier molecular flexibility index (Phi) is 5.99. The van der Waals surface area contributed by atoms with Crippen molar-refractivity contribution in [3.05, 3.63) is 72.3 Å². The second-order valence-electron chi connectivity index (χ2n) is 8.73. The van der Waals surface area contributed by atoms with Crippen molar-refractivity contribution >= 4 is 15.9 Å². The van der Waals surface area contributed by atoms with E-state index in [0.29, 0.717) is 16.7 Å². The fourth-order valence-electron chi connectivity index (χ4n) is 4.40. The molecule has 0 spiro atoms. The summed E-state index contributed by atoms with van der Waals surface area (Å²) in [6.07, 6.45) is 1.09. The highest BCUT2D eigenvalue weighted by atomic mass is 32.2. The average molecular weight is 521 g/mol. The third kappa shape index (κ3) is 4.67. The number of nitrogens with zero attached hydrogens (tertiary/aromatic N) is 4. The van der Waals surface area contributed by atoms with Gasteiger partial charge in [-0.3, -0.25) is 9.78 Å². The number of rotatable bonds is 6. The second-order valence-corrected chi connectivity index (χ2v) is 10.6. The zero-order valence-electron chi connectivity index (χ0n) is 18.5. The molecular formula is C23H19F4N5O3S. The minimum absolute atomic E-state index is 0.0273. The third-order valence-corrected chi connectivity index (χ3v) is 8.16. The highest BCUT2D eigenvalue weighted by Gasteiger charge is 2.58. The molecule has 0 bridgehead atoms. The van der Waals surface area contributed by atoms with E-state index in [0.717, 1.165) is 30.9 Å². The Bertz CT molecular complexity index is 1400. The van der Waals surface area contributed by atoms with Gasteiger partial charge in [-0.2, -0.15) is 17.5 Å². The summed E-state index contributed by atoms with van der Waals surface area (Å²) in [7, 11) is -3.99. The predicted molar refractivity (Wildman–Crippen MR) is 118 cm³/mol. The fraction of sp³-hybridized carbons (Fsp3) is 0.304. The Morgan fingerprint density at radius 1 is 1.06 bits per heavy atom.